The molecule has 22 heavy (non-hydrogen) atoms. The second kappa shape index (κ2) is 6.79. The summed E-state index contributed by atoms with van der Waals surface area (Å²) in [5, 5.41) is 0. The number of hydrogen-bond acceptors (Lipinski definition) is 4. The molecule has 3 saturated heterocycles. The lowest BCUT2D eigenvalue weighted by Gasteiger charge is -2.44. The first-order chi connectivity index (χ1) is 10.7. The SMILES string of the molecule is CSCC(=O)N1CC[C@]2(CCCN(C3CCOCC3)C2=O)C1. The summed E-state index contributed by atoms with van der Waals surface area (Å²) >= 11 is 1.56. The number of piperidine rings is 1. The van der Waals surface area contributed by atoms with E-state index in [1.807, 2.05) is 11.2 Å². The lowest BCUT2D eigenvalue weighted by Crippen LogP contribution is -2.55. The molecule has 0 unspecified atom stereocenters. The van der Waals surface area contributed by atoms with Crippen LogP contribution >= 0.6 is 11.8 Å². The van der Waals surface area contributed by atoms with Gasteiger partial charge in [-0.15, -0.1) is 0 Å². The first-order valence-corrected chi connectivity index (χ1v) is 9.71. The van der Waals surface area contributed by atoms with E-state index in [4.69, 9.17) is 4.74 Å². The maximum Gasteiger partial charge on any atom is 0.232 e. The molecule has 3 fully saturated rings. The van der Waals surface area contributed by atoms with Gasteiger partial charge in [0, 0.05) is 38.9 Å². The van der Waals surface area contributed by atoms with Gasteiger partial charge in [0.1, 0.15) is 0 Å². The largest absolute Gasteiger partial charge is 0.381 e. The Morgan fingerprint density at radius 2 is 2.09 bits per heavy atom. The van der Waals surface area contributed by atoms with E-state index in [9.17, 15) is 9.59 Å². The molecule has 0 aromatic rings. The van der Waals surface area contributed by atoms with Gasteiger partial charge in [-0.05, 0) is 38.4 Å². The predicted molar refractivity (Wildman–Crippen MR) is 86.8 cm³/mol. The van der Waals surface area contributed by atoms with Crippen LogP contribution in [0.5, 0.6) is 0 Å². The molecule has 5 nitrogen and oxygen atoms in total. The van der Waals surface area contributed by atoms with E-state index < -0.39 is 0 Å². The first-order valence-electron chi connectivity index (χ1n) is 8.32. The van der Waals surface area contributed by atoms with Crippen molar-refractivity contribution in [2.24, 2.45) is 5.41 Å². The number of thioether (sulfide) groups is 1. The Kier molecular flexibility index (Phi) is 4.97. The minimum absolute atomic E-state index is 0.181. The highest BCUT2D eigenvalue weighted by atomic mass is 32.2. The summed E-state index contributed by atoms with van der Waals surface area (Å²) in [6.07, 6.45) is 6.70. The molecule has 0 radical (unpaired) electrons. The summed E-state index contributed by atoms with van der Waals surface area (Å²) < 4.78 is 5.42. The number of amides is 2. The molecule has 0 saturated carbocycles. The maximum absolute atomic E-state index is 13.1. The van der Waals surface area contributed by atoms with Crippen LogP contribution in [0.3, 0.4) is 0 Å². The molecular formula is C16H26N2O3S. The molecule has 3 heterocycles. The Labute approximate surface area is 136 Å². The van der Waals surface area contributed by atoms with Crippen molar-refractivity contribution in [2.75, 3.05) is 44.9 Å². The van der Waals surface area contributed by atoms with Crippen LogP contribution in [-0.2, 0) is 14.3 Å². The van der Waals surface area contributed by atoms with Crippen molar-refractivity contribution in [2.45, 2.75) is 38.1 Å². The Morgan fingerprint density at radius 3 is 2.82 bits per heavy atom. The summed E-state index contributed by atoms with van der Waals surface area (Å²) in [6.45, 7) is 3.78. The molecular weight excluding hydrogens is 300 g/mol. The number of carbonyl (C=O) groups is 2. The summed E-state index contributed by atoms with van der Waals surface area (Å²) in [7, 11) is 0. The highest BCUT2D eigenvalue weighted by Crippen LogP contribution is 2.41. The number of carbonyl (C=O) groups excluding carboxylic acids is 2. The number of hydrogen-bond donors (Lipinski definition) is 0. The standard InChI is InChI=1S/C16H26N2O3S/c1-22-11-14(19)17-8-6-16(12-17)5-2-7-18(15(16)20)13-3-9-21-10-4-13/h13H,2-12H2,1H3/t16-/m1/s1. The van der Waals surface area contributed by atoms with Crippen LogP contribution in [0, 0.1) is 5.41 Å². The molecule has 6 heteroatoms. The molecule has 1 atom stereocenters. The van der Waals surface area contributed by atoms with Gasteiger partial charge in [0.05, 0.1) is 11.2 Å². The third-order valence-corrected chi connectivity index (χ3v) is 5.91. The third-order valence-electron chi connectivity index (χ3n) is 5.37. The van der Waals surface area contributed by atoms with Crippen molar-refractivity contribution < 1.29 is 14.3 Å². The highest BCUT2D eigenvalue weighted by Gasteiger charge is 2.50. The Balaban J connectivity index is 1.68. The zero-order valence-corrected chi connectivity index (χ0v) is 14.2. The topological polar surface area (TPSA) is 49.9 Å². The third kappa shape index (κ3) is 3.00. The smallest absolute Gasteiger partial charge is 0.232 e. The lowest BCUT2D eigenvalue weighted by molar-refractivity contribution is -0.150. The van der Waals surface area contributed by atoms with Gasteiger partial charge in [-0.1, -0.05) is 0 Å². The Hall–Kier alpha value is -0.750. The van der Waals surface area contributed by atoms with Gasteiger partial charge in [0.25, 0.3) is 0 Å². The minimum atomic E-state index is -0.301. The molecule has 3 aliphatic rings. The van der Waals surface area contributed by atoms with Crippen LogP contribution in [0.4, 0.5) is 0 Å². The van der Waals surface area contributed by atoms with Gasteiger partial charge in [0.2, 0.25) is 11.8 Å². The first kappa shape index (κ1) is 16.1. The Morgan fingerprint density at radius 1 is 1.32 bits per heavy atom. The van der Waals surface area contributed by atoms with E-state index in [0.717, 1.165) is 58.4 Å². The molecule has 0 aromatic carbocycles. The Bertz CT molecular complexity index is 439. The normalized spacial score (nSPS) is 30.3. The van der Waals surface area contributed by atoms with Crippen LogP contribution in [-0.4, -0.2) is 72.5 Å². The van der Waals surface area contributed by atoms with Crippen molar-refractivity contribution in [3.63, 3.8) is 0 Å². The van der Waals surface area contributed by atoms with E-state index in [1.54, 1.807) is 11.8 Å². The molecule has 0 N–H and O–H groups in total. The molecule has 0 bridgehead atoms. The van der Waals surface area contributed by atoms with Crippen molar-refractivity contribution >= 4 is 23.6 Å². The van der Waals surface area contributed by atoms with Gasteiger partial charge in [-0.2, -0.15) is 11.8 Å². The predicted octanol–water partition coefficient (Wildman–Crippen LogP) is 1.37. The van der Waals surface area contributed by atoms with Crippen LogP contribution in [0.2, 0.25) is 0 Å². The minimum Gasteiger partial charge on any atom is -0.381 e. The van der Waals surface area contributed by atoms with Crippen LogP contribution in [0.25, 0.3) is 0 Å². The molecule has 3 rings (SSSR count). The molecule has 2 amide bonds. The fraction of sp³-hybridized carbons (Fsp3) is 0.875. The van der Waals surface area contributed by atoms with Crippen molar-refractivity contribution in [1.29, 1.82) is 0 Å². The number of nitrogens with zero attached hydrogens (tertiary/aromatic N) is 2. The van der Waals surface area contributed by atoms with E-state index in [2.05, 4.69) is 4.90 Å². The van der Waals surface area contributed by atoms with Crippen molar-refractivity contribution in [3.05, 3.63) is 0 Å². The molecule has 0 aromatic heterocycles. The summed E-state index contributed by atoms with van der Waals surface area (Å²) in [4.78, 5) is 29.3. The average molecular weight is 326 g/mol. The summed E-state index contributed by atoms with van der Waals surface area (Å²) in [5.74, 6) is 0.999. The van der Waals surface area contributed by atoms with Gasteiger partial charge in [-0.25, -0.2) is 0 Å². The zero-order chi connectivity index (χ0) is 15.6. The number of ether oxygens (including phenoxy) is 1. The zero-order valence-electron chi connectivity index (χ0n) is 13.4. The van der Waals surface area contributed by atoms with E-state index in [-0.39, 0.29) is 11.3 Å². The van der Waals surface area contributed by atoms with E-state index in [1.165, 1.54) is 0 Å². The van der Waals surface area contributed by atoms with Crippen molar-refractivity contribution in [3.8, 4) is 0 Å². The molecule has 3 aliphatic heterocycles. The quantitative estimate of drug-likeness (QED) is 0.786. The number of rotatable bonds is 3. The van der Waals surface area contributed by atoms with Gasteiger partial charge in [-0.3, -0.25) is 9.59 Å². The second-order valence-corrected chi connectivity index (χ2v) is 7.59. The summed E-state index contributed by atoms with van der Waals surface area (Å²) in [6, 6.07) is 0.342. The highest BCUT2D eigenvalue weighted by molar-refractivity contribution is 7.99. The fourth-order valence-electron chi connectivity index (χ4n) is 4.12. The average Bonchev–Trinajstić information content (AvgIpc) is 2.97. The fourth-order valence-corrected chi connectivity index (χ4v) is 4.55. The van der Waals surface area contributed by atoms with E-state index >= 15 is 0 Å². The summed E-state index contributed by atoms with van der Waals surface area (Å²) in [5.41, 5.74) is -0.301. The molecule has 0 aliphatic carbocycles. The monoisotopic (exact) mass is 326 g/mol. The van der Waals surface area contributed by atoms with Crippen LogP contribution in [0.15, 0.2) is 0 Å². The molecule has 124 valence electrons. The second-order valence-electron chi connectivity index (χ2n) is 6.72. The van der Waals surface area contributed by atoms with Gasteiger partial charge in [0.15, 0.2) is 0 Å². The van der Waals surface area contributed by atoms with E-state index in [0.29, 0.717) is 24.2 Å². The van der Waals surface area contributed by atoms with Crippen molar-refractivity contribution in [1.82, 2.24) is 9.80 Å². The van der Waals surface area contributed by atoms with Crippen LogP contribution < -0.4 is 0 Å². The van der Waals surface area contributed by atoms with Gasteiger partial charge < -0.3 is 14.5 Å². The maximum atomic E-state index is 13.1. The molecule has 1 spiro atoms. The lowest BCUT2D eigenvalue weighted by atomic mass is 9.77. The van der Waals surface area contributed by atoms with Crippen LogP contribution in [0.1, 0.15) is 32.1 Å². The van der Waals surface area contributed by atoms with Gasteiger partial charge >= 0.3 is 0 Å². The number of likely N-dealkylation sites (tertiary alicyclic amines) is 2.